The number of methoxy groups -OCH3 is 1. The van der Waals surface area contributed by atoms with Crippen molar-refractivity contribution in [2.24, 2.45) is 5.92 Å². The Morgan fingerprint density at radius 2 is 2.11 bits per heavy atom. The van der Waals surface area contributed by atoms with Crippen molar-refractivity contribution in [3.63, 3.8) is 0 Å². The van der Waals surface area contributed by atoms with Gasteiger partial charge in [0.2, 0.25) is 0 Å². The molecule has 0 aliphatic rings. The first-order valence-corrected chi connectivity index (χ1v) is 6.61. The summed E-state index contributed by atoms with van der Waals surface area (Å²) in [5.74, 6) is 0.900. The summed E-state index contributed by atoms with van der Waals surface area (Å²) in [4.78, 5) is 12.2. The average Bonchev–Trinajstić information content (AvgIpc) is 2.42. The fraction of sp³-hybridized carbons (Fsp3) is 0.533. The van der Waals surface area contributed by atoms with Crippen molar-refractivity contribution in [3.8, 4) is 5.75 Å². The maximum atomic E-state index is 12.2. The van der Waals surface area contributed by atoms with E-state index < -0.39 is 0 Å². The highest BCUT2D eigenvalue weighted by Crippen LogP contribution is 2.13. The predicted molar refractivity (Wildman–Crippen MR) is 75.6 cm³/mol. The van der Waals surface area contributed by atoms with Crippen LogP contribution in [0.4, 0.5) is 0 Å². The number of carbonyl (C=O) groups excluding carboxylic acids is 1. The smallest absolute Gasteiger partial charge is 0.251 e. The number of carbonyl (C=O) groups is 1. The van der Waals surface area contributed by atoms with Crippen molar-refractivity contribution in [1.82, 2.24) is 5.32 Å². The molecule has 4 heteroatoms. The first-order valence-electron chi connectivity index (χ1n) is 6.61. The van der Waals surface area contributed by atoms with Crippen LogP contribution >= 0.6 is 0 Å². The summed E-state index contributed by atoms with van der Waals surface area (Å²) in [6.07, 6.45) is 0. The molecular weight excluding hydrogens is 242 g/mol. The number of hydrogen-bond donors (Lipinski definition) is 1. The van der Waals surface area contributed by atoms with E-state index in [-0.39, 0.29) is 11.9 Å². The highest BCUT2D eigenvalue weighted by Gasteiger charge is 2.17. The van der Waals surface area contributed by atoms with Crippen LogP contribution in [-0.2, 0) is 4.74 Å². The zero-order valence-corrected chi connectivity index (χ0v) is 12.1. The number of ether oxygens (including phenoxy) is 2. The molecule has 0 radical (unpaired) electrons. The highest BCUT2D eigenvalue weighted by molar-refractivity contribution is 5.94. The largest absolute Gasteiger partial charge is 0.497 e. The van der Waals surface area contributed by atoms with E-state index in [1.54, 1.807) is 25.3 Å². The lowest BCUT2D eigenvalue weighted by Crippen LogP contribution is -2.41. The Morgan fingerprint density at radius 3 is 2.68 bits per heavy atom. The summed E-state index contributed by atoms with van der Waals surface area (Å²) >= 11 is 0. The second kappa shape index (κ2) is 7.79. The third-order valence-electron chi connectivity index (χ3n) is 2.95. The Kier molecular flexibility index (Phi) is 6.36. The summed E-state index contributed by atoms with van der Waals surface area (Å²) in [7, 11) is 1.59. The van der Waals surface area contributed by atoms with E-state index in [4.69, 9.17) is 9.47 Å². The van der Waals surface area contributed by atoms with Crippen LogP contribution in [0.15, 0.2) is 24.3 Å². The fourth-order valence-corrected chi connectivity index (χ4v) is 1.66. The van der Waals surface area contributed by atoms with Gasteiger partial charge in [-0.3, -0.25) is 4.79 Å². The summed E-state index contributed by atoms with van der Waals surface area (Å²) in [6.45, 7) is 7.26. The third-order valence-corrected chi connectivity index (χ3v) is 2.95. The van der Waals surface area contributed by atoms with E-state index in [0.29, 0.717) is 30.4 Å². The van der Waals surface area contributed by atoms with E-state index in [1.165, 1.54) is 0 Å². The Bertz CT molecular complexity index is 404. The van der Waals surface area contributed by atoms with Gasteiger partial charge in [-0.25, -0.2) is 0 Å². The molecule has 19 heavy (non-hydrogen) atoms. The average molecular weight is 265 g/mol. The monoisotopic (exact) mass is 265 g/mol. The number of benzene rings is 1. The topological polar surface area (TPSA) is 47.6 Å². The minimum atomic E-state index is -0.0997. The van der Waals surface area contributed by atoms with Crippen molar-refractivity contribution >= 4 is 5.91 Å². The first-order chi connectivity index (χ1) is 9.08. The lowest BCUT2D eigenvalue weighted by molar-refractivity contribution is 0.0806. The molecule has 0 spiro atoms. The van der Waals surface area contributed by atoms with Crippen LogP contribution in [0.2, 0.25) is 0 Å². The molecule has 0 bridgehead atoms. The fourth-order valence-electron chi connectivity index (χ4n) is 1.66. The van der Waals surface area contributed by atoms with Crippen molar-refractivity contribution in [2.75, 3.05) is 20.3 Å². The van der Waals surface area contributed by atoms with Crippen LogP contribution < -0.4 is 10.1 Å². The van der Waals surface area contributed by atoms with E-state index in [0.717, 1.165) is 0 Å². The molecule has 0 aliphatic heterocycles. The van der Waals surface area contributed by atoms with Crippen molar-refractivity contribution < 1.29 is 14.3 Å². The standard InChI is InChI=1S/C15H23NO3/c1-5-19-10-14(11(2)3)16-15(17)12-7-6-8-13(9-12)18-4/h6-9,11,14H,5,10H2,1-4H3,(H,16,17)/t14-/m1/s1. The molecule has 0 aliphatic carbocycles. The SMILES string of the molecule is CCOC[C@@H](NC(=O)c1cccc(OC)c1)C(C)C. The molecule has 1 aromatic rings. The van der Waals surface area contributed by atoms with Crippen LogP contribution in [-0.4, -0.2) is 32.3 Å². The molecule has 0 unspecified atom stereocenters. The Hall–Kier alpha value is -1.55. The maximum Gasteiger partial charge on any atom is 0.251 e. The molecule has 0 heterocycles. The van der Waals surface area contributed by atoms with Crippen molar-refractivity contribution in [3.05, 3.63) is 29.8 Å². The number of hydrogen-bond acceptors (Lipinski definition) is 3. The second-order valence-corrected chi connectivity index (χ2v) is 4.72. The lowest BCUT2D eigenvalue weighted by Gasteiger charge is -2.22. The Morgan fingerprint density at radius 1 is 1.37 bits per heavy atom. The van der Waals surface area contributed by atoms with Gasteiger partial charge in [-0.1, -0.05) is 19.9 Å². The van der Waals surface area contributed by atoms with Gasteiger partial charge in [0.1, 0.15) is 5.75 Å². The van der Waals surface area contributed by atoms with Gasteiger partial charge in [-0.05, 0) is 31.0 Å². The first kappa shape index (κ1) is 15.5. The summed E-state index contributed by atoms with van der Waals surface area (Å²) in [5.41, 5.74) is 0.599. The minimum Gasteiger partial charge on any atom is -0.497 e. The zero-order chi connectivity index (χ0) is 14.3. The van der Waals surface area contributed by atoms with Gasteiger partial charge in [0.15, 0.2) is 0 Å². The summed E-state index contributed by atoms with van der Waals surface area (Å²) in [5, 5.41) is 3.00. The van der Waals surface area contributed by atoms with Crippen molar-refractivity contribution in [1.29, 1.82) is 0 Å². The quantitative estimate of drug-likeness (QED) is 0.824. The minimum absolute atomic E-state index is 0.0126. The molecule has 1 rings (SSSR count). The molecule has 0 saturated heterocycles. The molecule has 4 nitrogen and oxygen atoms in total. The van der Waals surface area contributed by atoms with Gasteiger partial charge in [-0.2, -0.15) is 0 Å². The molecule has 1 aromatic carbocycles. The van der Waals surface area contributed by atoms with Gasteiger partial charge in [0.05, 0.1) is 19.8 Å². The van der Waals surface area contributed by atoms with Gasteiger partial charge in [0.25, 0.3) is 5.91 Å². The van der Waals surface area contributed by atoms with Crippen LogP contribution in [0.5, 0.6) is 5.75 Å². The highest BCUT2D eigenvalue weighted by atomic mass is 16.5. The molecule has 1 N–H and O–H groups in total. The van der Waals surface area contributed by atoms with Gasteiger partial charge >= 0.3 is 0 Å². The van der Waals surface area contributed by atoms with E-state index >= 15 is 0 Å². The van der Waals surface area contributed by atoms with Crippen LogP contribution in [0, 0.1) is 5.92 Å². The van der Waals surface area contributed by atoms with Gasteiger partial charge < -0.3 is 14.8 Å². The molecule has 0 fully saturated rings. The number of nitrogens with one attached hydrogen (secondary N) is 1. The number of rotatable bonds is 7. The predicted octanol–water partition coefficient (Wildman–Crippen LogP) is 2.49. The molecular formula is C15H23NO3. The third kappa shape index (κ3) is 4.91. The van der Waals surface area contributed by atoms with Gasteiger partial charge in [0, 0.05) is 12.2 Å². The molecule has 0 saturated carbocycles. The summed E-state index contributed by atoms with van der Waals surface area (Å²) in [6, 6.07) is 7.14. The summed E-state index contributed by atoms with van der Waals surface area (Å²) < 4.78 is 10.5. The van der Waals surface area contributed by atoms with E-state index in [1.807, 2.05) is 13.0 Å². The normalized spacial score (nSPS) is 12.3. The van der Waals surface area contributed by atoms with Crippen LogP contribution in [0.1, 0.15) is 31.1 Å². The lowest BCUT2D eigenvalue weighted by atomic mass is 10.0. The molecule has 0 aromatic heterocycles. The van der Waals surface area contributed by atoms with Crippen molar-refractivity contribution in [2.45, 2.75) is 26.8 Å². The molecule has 1 amide bonds. The Labute approximate surface area is 115 Å². The molecule has 1 atom stereocenters. The second-order valence-electron chi connectivity index (χ2n) is 4.72. The van der Waals surface area contributed by atoms with Gasteiger partial charge in [-0.15, -0.1) is 0 Å². The molecule has 106 valence electrons. The van der Waals surface area contributed by atoms with E-state index in [9.17, 15) is 4.79 Å². The zero-order valence-electron chi connectivity index (χ0n) is 12.1. The maximum absolute atomic E-state index is 12.2. The Balaban J connectivity index is 2.69. The number of amides is 1. The van der Waals surface area contributed by atoms with E-state index in [2.05, 4.69) is 19.2 Å². The van der Waals surface area contributed by atoms with Crippen LogP contribution in [0.3, 0.4) is 0 Å². The van der Waals surface area contributed by atoms with Crippen LogP contribution in [0.25, 0.3) is 0 Å².